The molecule has 1 unspecified atom stereocenters. The van der Waals surface area contributed by atoms with Crippen molar-refractivity contribution in [3.8, 4) is 5.75 Å². The molecule has 0 bridgehead atoms. The summed E-state index contributed by atoms with van der Waals surface area (Å²) in [4.78, 5) is 37.0. The van der Waals surface area contributed by atoms with Crippen molar-refractivity contribution in [1.29, 1.82) is 0 Å². The first-order valence-corrected chi connectivity index (χ1v) is 13.1. The van der Waals surface area contributed by atoms with Crippen LogP contribution in [0, 0.1) is 13.8 Å². The topological polar surface area (TPSA) is 138 Å². The average Bonchev–Trinajstić information content (AvgIpc) is 3.34. The maximum absolute atomic E-state index is 12.7. The van der Waals surface area contributed by atoms with E-state index in [4.69, 9.17) is 26.8 Å². The van der Waals surface area contributed by atoms with Gasteiger partial charge in [0, 0.05) is 7.05 Å². The largest absolute Gasteiger partial charge is 0.481 e. The molecule has 0 radical (unpaired) electrons. The molecule has 10 nitrogen and oxygen atoms in total. The molecule has 2 aromatic heterocycles. The molecule has 0 aliphatic rings. The van der Waals surface area contributed by atoms with Crippen molar-refractivity contribution in [2.45, 2.75) is 39.0 Å². The molecular weight excluding hydrogens is 526 g/mol. The number of benzene rings is 1. The molecule has 3 N–H and O–H groups in total. The molecular formula is C23H26ClN5O5S2. The van der Waals surface area contributed by atoms with Gasteiger partial charge in [-0.2, -0.15) is 0 Å². The zero-order chi connectivity index (χ0) is 26.6. The second-order valence-corrected chi connectivity index (χ2v) is 10.1. The van der Waals surface area contributed by atoms with Gasteiger partial charge in [-0.05, 0) is 51.0 Å². The summed E-state index contributed by atoms with van der Waals surface area (Å²) >= 11 is 8.32. The summed E-state index contributed by atoms with van der Waals surface area (Å²) in [6, 6.07) is 5.50. The van der Waals surface area contributed by atoms with Crippen molar-refractivity contribution in [1.82, 2.24) is 14.8 Å². The molecule has 192 valence electrons. The summed E-state index contributed by atoms with van der Waals surface area (Å²) in [7, 11) is 1.77. The van der Waals surface area contributed by atoms with Gasteiger partial charge in [-0.3, -0.25) is 9.59 Å². The van der Waals surface area contributed by atoms with E-state index in [1.165, 1.54) is 0 Å². The van der Waals surface area contributed by atoms with Gasteiger partial charge in [-0.25, -0.2) is 4.79 Å². The van der Waals surface area contributed by atoms with Gasteiger partial charge in [0.25, 0.3) is 5.91 Å². The Kier molecular flexibility index (Phi) is 8.98. The van der Waals surface area contributed by atoms with Gasteiger partial charge < -0.3 is 25.1 Å². The normalized spacial score (nSPS) is 11.7. The van der Waals surface area contributed by atoms with Crippen molar-refractivity contribution in [2.24, 2.45) is 12.8 Å². The number of hydrogen-bond donors (Lipinski definition) is 2. The monoisotopic (exact) mass is 551 g/mol. The van der Waals surface area contributed by atoms with Crippen LogP contribution in [0.1, 0.15) is 56.9 Å². The summed E-state index contributed by atoms with van der Waals surface area (Å²) in [5, 5.41) is 12.2. The summed E-state index contributed by atoms with van der Waals surface area (Å²) in [5.74, 6) is -0.645. The zero-order valence-corrected chi connectivity index (χ0v) is 22.8. The molecule has 1 atom stereocenters. The molecule has 2 heterocycles. The molecule has 13 heteroatoms. The molecule has 0 saturated heterocycles. The fourth-order valence-electron chi connectivity index (χ4n) is 3.33. The Morgan fingerprint density at radius 3 is 2.67 bits per heavy atom. The van der Waals surface area contributed by atoms with Crippen LogP contribution in [0.4, 0.5) is 5.00 Å². The van der Waals surface area contributed by atoms with E-state index in [-0.39, 0.29) is 27.8 Å². The van der Waals surface area contributed by atoms with Crippen molar-refractivity contribution in [2.75, 3.05) is 17.7 Å². The number of amides is 2. The minimum absolute atomic E-state index is 0.0178. The van der Waals surface area contributed by atoms with E-state index in [0.717, 1.165) is 28.7 Å². The highest BCUT2D eigenvalue weighted by Crippen LogP contribution is 2.34. The lowest BCUT2D eigenvalue weighted by atomic mass is 10.1. The minimum atomic E-state index is -0.687. The van der Waals surface area contributed by atoms with Gasteiger partial charge in [0.2, 0.25) is 5.91 Å². The third kappa shape index (κ3) is 6.18. The lowest BCUT2D eigenvalue weighted by Gasteiger charge is -2.15. The second-order valence-electron chi connectivity index (χ2n) is 7.78. The summed E-state index contributed by atoms with van der Waals surface area (Å²) in [6.45, 7) is 7.17. The van der Waals surface area contributed by atoms with E-state index < -0.39 is 23.9 Å². The number of halogens is 1. The van der Waals surface area contributed by atoms with Crippen LogP contribution >= 0.6 is 34.7 Å². The predicted octanol–water partition coefficient (Wildman–Crippen LogP) is 4.29. The SMILES string of the molecule is CCOC(=O)c1c(NC(=O)CSc2nnc(C(C)Oc3cc(C)ccc3Cl)n2C)sc(C(N)=O)c1C. The fourth-order valence-corrected chi connectivity index (χ4v) is 5.27. The summed E-state index contributed by atoms with van der Waals surface area (Å²) < 4.78 is 12.8. The average molecular weight is 552 g/mol. The Hall–Kier alpha value is -3.09. The van der Waals surface area contributed by atoms with Crippen molar-refractivity contribution in [3.05, 3.63) is 50.6 Å². The van der Waals surface area contributed by atoms with E-state index in [0.29, 0.717) is 27.3 Å². The number of aromatic nitrogens is 3. The number of carbonyl (C=O) groups excluding carboxylic acids is 3. The first-order valence-electron chi connectivity index (χ1n) is 10.9. The molecule has 0 spiro atoms. The Balaban J connectivity index is 1.69. The summed E-state index contributed by atoms with van der Waals surface area (Å²) in [6.07, 6.45) is -0.446. The zero-order valence-electron chi connectivity index (χ0n) is 20.4. The number of esters is 1. The maximum atomic E-state index is 12.7. The highest BCUT2D eigenvalue weighted by Gasteiger charge is 2.26. The lowest BCUT2D eigenvalue weighted by molar-refractivity contribution is -0.113. The number of carbonyl (C=O) groups is 3. The molecule has 0 aliphatic heterocycles. The molecule has 0 fully saturated rings. The number of ether oxygens (including phenoxy) is 2. The first-order chi connectivity index (χ1) is 17.0. The Morgan fingerprint density at radius 2 is 2.00 bits per heavy atom. The van der Waals surface area contributed by atoms with Gasteiger partial charge in [-0.15, -0.1) is 21.5 Å². The van der Waals surface area contributed by atoms with E-state index in [9.17, 15) is 14.4 Å². The van der Waals surface area contributed by atoms with E-state index >= 15 is 0 Å². The molecule has 3 rings (SSSR count). The third-order valence-electron chi connectivity index (χ3n) is 5.06. The van der Waals surface area contributed by atoms with Crippen LogP contribution in [0.15, 0.2) is 23.4 Å². The van der Waals surface area contributed by atoms with Gasteiger partial charge >= 0.3 is 5.97 Å². The van der Waals surface area contributed by atoms with Crippen LogP contribution in [0.5, 0.6) is 5.75 Å². The molecule has 2 amide bonds. The van der Waals surface area contributed by atoms with Crippen LogP contribution in [0.2, 0.25) is 5.02 Å². The number of hydrogen-bond acceptors (Lipinski definition) is 9. The molecule has 1 aromatic carbocycles. The fraction of sp³-hybridized carbons (Fsp3) is 0.348. The number of aryl methyl sites for hydroxylation is 1. The minimum Gasteiger partial charge on any atom is -0.481 e. The van der Waals surface area contributed by atoms with E-state index in [2.05, 4.69) is 15.5 Å². The molecule has 0 saturated carbocycles. The van der Waals surface area contributed by atoms with Gasteiger partial charge in [0.15, 0.2) is 17.1 Å². The van der Waals surface area contributed by atoms with E-state index in [1.807, 2.05) is 26.0 Å². The number of thiophene rings is 1. The standard InChI is InChI=1S/C23H26ClN5O5S2/c1-6-33-22(32)17-12(3)18(19(25)31)36-21(17)26-16(30)10-35-23-28-27-20(29(23)5)13(4)34-15-9-11(2)7-8-14(15)24/h7-9,13H,6,10H2,1-5H3,(H2,25,31)(H,26,30). The Bertz CT molecular complexity index is 1310. The van der Waals surface area contributed by atoms with Crippen molar-refractivity contribution >= 4 is 57.5 Å². The first kappa shape index (κ1) is 27.5. The summed E-state index contributed by atoms with van der Waals surface area (Å²) in [5.41, 5.74) is 6.91. The number of nitrogens with two attached hydrogens (primary N) is 1. The maximum Gasteiger partial charge on any atom is 0.341 e. The molecule has 0 aliphatic carbocycles. The number of anilines is 1. The van der Waals surface area contributed by atoms with Gasteiger partial charge in [0.1, 0.15) is 10.8 Å². The van der Waals surface area contributed by atoms with Crippen molar-refractivity contribution in [3.63, 3.8) is 0 Å². The van der Waals surface area contributed by atoms with Crippen molar-refractivity contribution < 1.29 is 23.9 Å². The van der Waals surface area contributed by atoms with Crippen LogP contribution in [0.25, 0.3) is 0 Å². The molecule has 3 aromatic rings. The lowest BCUT2D eigenvalue weighted by Crippen LogP contribution is -2.17. The highest BCUT2D eigenvalue weighted by molar-refractivity contribution is 7.99. The number of rotatable bonds is 10. The number of thioether (sulfide) groups is 1. The predicted molar refractivity (Wildman–Crippen MR) is 139 cm³/mol. The number of nitrogens with zero attached hydrogens (tertiary/aromatic N) is 3. The number of nitrogens with one attached hydrogen (secondary N) is 1. The Labute approximate surface area is 221 Å². The van der Waals surface area contributed by atoms with Crippen LogP contribution in [0.3, 0.4) is 0 Å². The molecule has 36 heavy (non-hydrogen) atoms. The van der Waals surface area contributed by atoms with Crippen LogP contribution < -0.4 is 15.8 Å². The van der Waals surface area contributed by atoms with Gasteiger partial charge in [-0.1, -0.05) is 29.4 Å². The number of primary amides is 1. The highest BCUT2D eigenvalue weighted by atomic mass is 35.5. The smallest absolute Gasteiger partial charge is 0.341 e. The third-order valence-corrected chi connectivity index (χ3v) is 7.61. The van der Waals surface area contributed by atoms with Gasteiger partial charge in [0.05, 0.1) is 27.8 Å². The van der Waals surface area contributed by atoms with E-state index in [1.54, 1.807) is 31.5 Å². The Morgan fingerprint density at radius 1 is 1.28 bits per heavy atom. The van der Waals surface area contributed by atoms with Crippen LogP contribution in [-0.2, 0) is 16.6 Å². The quantitative estimate of drug-likeness (QED) is 0.281. The van der Waals surface area contributed by atoms with Crippen LogP contribution in [-0.4, -0.2) is 44.9 Å². The second kappa shape index (κ2) is 11.8.